The molecule has 0 aromatic heterocycles. The lowest BCUT2D eigenvalue weighted by atomic mass is 10.2. The van der Waals surface area contributed by atoms with Crippen molar-refractivity contribution in [2.75, 3.05) is 5.32 Å². The maximum atomic E-state index is 13.4. The van der Waals surface area contributed by atoms with E-state index in [9.17, 15) is 17.6 Å². The lowest BCUT2D eigenvalue weighted by Gasteiger charge is -2.10. The molecule has 0 aliphatic carbocycles. The zero-order chi connectivity index (χ0) is 14.0. The summed E-state index contributed by atoms with van der Waals surface area (Å²) >= 11 is 1.92. The maximum absolute atomic E-state index is 13.4. The third-order valence-corrected chi connectivity index (χ3v) is 3.38. The van der Waals surface area contributed by atoms with Gasteiger partial charge in [-0.25, -0.2) is 17.6 Å². The third-order valence-electron chi connectivity index (χ3n) is 2.49. The van der Waals surface area contributed by atoms with Gasteiger partial charge in [0, 0.05) is 27.4 Å². The normalized spacial score (nSPS) is 10.6. The second-order valence-corrected chi connectivity index (χ2v) is 5.00. The smallest absolute Gasteiger partial charge is 0.161 e. The molecule has 0 bridgehead atoms. The summed E-state index contributed by atoms with van der Waals surface area (Å²) in [5, 5.41) is 2.84. The molecule has 0 saturated carbocycles. The molecule has 1 nitrogen and oxygen atoms in total. The fourth-order valence-electron chi connectivity index (χ4n) is 1.52. The molecule has 0 radical (unpaired) electrons. The van der Waals surface area contributed by atoms with Crippen molar-refractivity contribution in [3.05, 3.63) is 62.7 Å². The van der Waals surface area contributed by atoms with Crippen LogP contribution in [0.5, 0.6) is 0 Å². The van der Waals surface area contributed by atoms with Crippen LogP contribution in [0.15, 0.2) is 30.3 Å². The number of halogens is 5. The molecular formula is C13H8F4IN. The Bertz CT molecular complexity index is 616. The molecule has 6 heteroatoms. The number of nitrogens with one attached hydrogen (secondary N) is 1. The van der Waals surface area contributed by atoms with Gasteiger partial charge in [0.25, 0.3) is 0 Å². The van der Waals surface area contributed by atoms with E-state index < -0.39 is 17.5 Å². The zero-order valence-electron chi connectivity index (χ0n) is 9.48. The molecule has 100 valence electrons. The minimum absolute atomic E-state index is 0.000903. The van der Waals surface area contributed by atoms with Gasteiger partial charge < -0.3 is 5.32 Å². The minimum Gasteiger partial charge on any atom is -0.380 e. The number of anilines is 1. The van der Waals surface area contributed by atoms with E-state index in [2.05, 4.69) is 5.32 Å². The predicted molar refractivity (Wildman–Crippen MR) is 72.8 cm³/mol. The lowest BCUT2D eigenvalue weighted by molar-refractivity contribution is 0.490. The SMILES string of the molecule is Fc1ccc(NCc2cc(F)c(F)cc2F)c(I)c1. The van der Waals surface area contributed by atoms with E-state index in [1.54, 1.807) is 0 Å². The minimum atomic E-state index is -1.22. The average Bonchev–Trinajstić information content (AvgIpc) is 2.34. The Morgan fingerprint density at radius 2 is 1.58 bits per heavy atom. The van der Waals surface area contributed by atoms with Crippen molar-refractivity contribution in [1.29, 1.82) is 0 Å². The summed E-state index contributed by atoms with van der Waals surface area (Å²) < 4.78 is 52.6. The van der Waals surface area contributed by atoms with Crippen molar-refractivity contribution >= 4 is 28.3 Å². The summed E-state index contributed by atoms with van der Waals surface area (Å²) in [5.41, 5.74) is 0.588. The van der Waals surface area contributed by atoms with Crippen LogP contribution >= 0.6 is 22.6 Å². The molecule has 0 fully saturated rings. The van der Waals surface area contributed by atoms with Gasteiger partial charge in [0.1, 0.15) is 11.6 Å². The van der Waals surface area contributed by atoms with Crippen LogP contribution < -0.4 is 5.32 Å². The Labute approximate surface area is 120 Å². The molecule has 0 atom stereocenters. The van der Waals surface area contributed by atoms with E-state index >= 15 is 0 Å². The van der Waals surface area contributed by atoms with Crippen LogP contribution in [-0.4, -0.2) is 0 Å². The van der Waals surface area contributed by atoms with Crippen molar-refractivity contribution < 1.29 is 17.6 Å². The average molecular weight is 381 g/mol. The van der Waals surface area contributed by atoms with Crippen molar-refractivity contribution in [2.45, 2.75) is 6.54 Å². The Morgan fingerprint density at radius 3 is 2.26 bits per heavy atom. The lowest BCUT2D eigenvalue weighted by Crippen LogP contribution is -2.05. The highest BCUT2D eigenvalue weighted by molar-refractivity contribution is 14.1. The topological polar surface area (TPSA) is 12.0 Å². The van der Waals surface area contributed by atoms with Gasteiger partial charge in [-0.05, 0) is 46.9 Å². The van der Waals surface area contributed by atoms with Crippen LogP contribution in [0.25, 0.3) is 0 Å². The number of hydrogen-bond acceptors (Lipinski definition) is 1. The molecular weight excluding hydrogens is 373 g/mol. The summed E-state index contributed by atoms with van der Waals surface area (Å²) in [4.78, 5) is 0. The van der Waals surface area contributed by atoms with E-state index in [1.165, 1.54) is 18.2 Å². The van der Waals surface area contributed by atoms with Gasteiger partial charge in [-0.2, -0.15) is 0 Å². The second kappa shape index (κ2) is 5.77. The molecule has 2 aromatic carbocycles. The second-order valence-electron chi connectivity index (χ2n) is 3.84. The quantitative estimate of drug-likeness (QED) is 0.471. The maximum Gasteiger partial charge on any atom is 0.161 e. The number of hydrogen-bond donors (Lipinski definition) is 1. The largest absolute Gasteiger partial charge is 0.380 e. The summed E-state index contributed by atoms with van der Waals surface area (Å²) in [6, 6.07) is 5.36. The van der Waals surface area contributed by atoms with Crippen molar-refractivity contribution in [2.24, 2.45) is 0 Å². The summed E-state index contributed by atoms with van der Waals surface area (Å²) in [6.45, 7) is -0.0231. The van der Waals surface area contributed by atoms with Crippen molar-refractivity contribution in [3.8, 4) is 0 Å². The first-order chi connectivity index (χ1) is 8.97. The molecule has 1 N–H and O–H groups in total. The molecule has 0 aliphatic rings. The van der Waals surface area contributed by atoms with Gasteiger partial charge in [0.2, 0.25) is 0 Å². The first kappa shape index (κ1) is 14.1. The van der Waals surface area contributed by atoms with Crippen molar-refractivity contribution in [3.63, 3.8) is 0 Å². The van der Waals surface area contributed by atoms with Gasteiger partial charge in [0.15, 0.2) is 11.6 Å². The van der Waals surface area contributed by atoms with Crippen LogP contribution in [0.3, 0.4) is 0 Å². The van der Waals surface area contributed by atoms with E-state index in [4.69, 9.17) is 0 Å². The highest BCUT2D eigenvalue weighted by Gasteiger charge is 2.10. The summed E-state index contributed by atoms with van der Waals surface area (Å²) in [5.74, 6) is -3.54. The van der Waals surface area contributed by atoms with Crippen LogP contribution in [0, 0.1) is 26.8 Å². The third kappa shape index (κ3) is 3.37. The monoisotopic (exact) mass is 381 g/mol. The molecule has 2 rings (SSSR count). The summed E-state index contributed by atoms with van der Waals surface area (Å²) in [7, 11) is 0. The summed E-state index contributed by atoms with van der Waals surface area (Å²) in [6.07, 6.45) is 0. The van der Waals surface area contributed by atoms with Gasteiger partial charge in [0.05, 0.1) is 0 Å². The van der Waals surface area contributed by atoms with Gasteiger partial charge in [-0.15, -0.1) is 0 Å². The molecule has 0 amide bonds. The highest BCUT2D eigenvalue weighted by Crippen LogP contribution is 2.21. The van der Waals surface area contributed by atoms with Gasteiger partial charge in [-0.3, -0.25) is 0 Å². The van der Waals surface area contributed by atoms with E-state index in [-0.39, 0.29) is 17.9 Å². The molecule has 0 saturated heterocycles. The fourth-order valence-corrected chi connectivity index (χ4v) is 2.19. The van der Waals surface area contributed by atoms with E-state index in [0.29, 0.717) is 15.3 Å². The molecule has 0 unspecified atom stereocenters. The molecule has 2 aromatic rings. The fraction of sp³-hybridized carbons (Fsp3) is 0.0769. The molecule has 0 heterocycles. The van der Waals surface area contributed by atoms with Gasteiger partial charge >= 0.3 is 0 Å². The van der Waals surface area contributed by atoms with Crippen molar-refractivity contribution in [1.82, 2.24) is 0 Å². The highest BCUT2D eigenvalue weighted by atomic mass is 127. The molecule has 19 heavy (non-hydrogen) atoms. The van der Waals surface area contributed by atoms with Crippen LogP contribution in [0.1, 0.15) is 5.56 Å². The van der Waals surface area contributed by atoms with E-state index in [0.717, 1.165) is 6.07 Å². The Kier molecular flexibility index (Phi) is 4.28. The Hall–Kier alpha value is -1.31. The van der Waals surface area contributed by atoms with Crippen LogP contribution in [0.4, 0.5) is 23.2 Å². The number of rotatable bonds is 3. The first-order valence-electron chi connectivity index (χ1n) is 5.29. The number of benzene rings is 2. The predicted octanol–water partition coefficient (Wildman–Crippen LogP) is 4.46. The Morgan fingerprint density at radius 1 is 0.895 bits per heavy atom. The van der Waals surface area contributed by atoms with E-state index in [1.807, 2.05) is 22.6 Å². The van der Waals surface area contributed by atoms with Crippen LogP contribution in [-0.2, 0) is 6.54 Å². The molecule has 0 aliphatic heterocycles. The Balaban J connectivity index is 2.16. The zero-order valence-corrected chi connectivity index (χ0v) is 11.6. The first-order valence-corrected chi connectivity index (χ1v) is 6.37. The van der Waals surface area contributed by atoms with Crippen LogP contribution in [0.2, 0.25) is 0 Å². The standard InChI is InChI=1S/C13H8F4IN/c14-8-1-2-13(12(18)4-8)19-6-7-3-10(16)11(17)5-9(7)15/h1-5,19H,6H2. The van der Waals surface area contributed by atoms with Gasteiger partial charge in [-0.1, -0.05) is 0 Å². The molecule has 0 spiro atoms.